The summed E-state index contributed by atoms with van der Waals surface area (Å²) in [5, 5.41) is 13.0. The average molecular weight is 245 g/mol. The molecule has 1 aromatic rings. The zero-order valence-corrected chi connectivity index (χ0v) is 11.1. The molecule has 2 heteroatoms. The van der Waals surface area contributed by atoms with Crippen molar-refractivity contribution in [3.05, 3.63) is 35.4 Å². The lowest BCUT2D eigenvalue weighted by atomic mass is 10.0. The Morgan fingerprint density at radius 1 is 1.22 bits per heavy atom. The fourth-order valence-electron chi connectivity index (χ4n) is 2.91. The highest BCUT2D eigenvalue weighted by Gasteiger charge is 2.41. The molecule has 0 saturated heterocycles. The second-order valence-corrected chi connectivity index (χ2v) is 5.99. The van der Waals surface area contributed by atoms with Crippen LogP contribution < -0.4 is 5.32 Å². The van der Waals surface area contributed by atoms with E-state index in [0.29, 0.717) is 6.04 Å². The highest BCUT2D eigenvalue weighted by Crippen LogP contribution is 2.45. The van der Waals surface area contributed by atoms with E-state index in [2.05, 4.69) is 24.4 Å². The third-order valence-electron chi connectivity index (χ3n) is 4.34. The Kier molecular flexibility index (Phi) is 3.40. The Labute approximate surface area is 109 Å². The van der Waals surface area contributed by atoms with Crippen molar-refractivity contribution in [2.45, 2.75) is 51.3 Å². The van der Waals surface area contributed by atoms with Gasteiger partial charge in [-0.15, -0.1) is 0 Å². The molecule has 3 rings (SSSR count). The van der Waals surface area contributed by atoms with Crippen LogP contribution in [0, 0.1) is 11.8 Å². The third-order valence-corrected chi connectivity index (χ3v) is 4.34. The smallest absolute Gasteiger partial charge is 0.0681 e. The molecule has 2 aliphatic rings. The lowest BCUT2D eigenvalue weighted by Crippen LogP contribution is -2.35. The van der Waals surface area contributed by atoms with E-state index in [1.165, 1.54) is 31.2 Å². The Balaban J connectivity index is 1.66. The summed E-state index contributed by atoms with van der Waals surface area (Å²) < 4.78 is 0. The quantitative estimate of drug-likeness (QED) is 0.807. The van der Waals surface area contributed by atoms with Gasteiger partial charge in [-0.3, -0.25) is 0 Å². The molecule has 0 heterocycles. The second-order valence-electron chi connectivity index (χ2n) is 5.99. The lowest BCUT2D eigenvalue weighted by Gasteiger charge is -2.23. The molecule has 1 aromatic carbocycles. The average Bonchev–Trinajstić information content (AvgIpc) is 3.29. The molecule has 0 bridgehead atoms. The summed E-state index contributed by atoms with van der Waals surface area (Å²) in [5.74, 6) is 1.86. The molecule has 0 spiro atoms. The highest BCUT2D eigenvalue weighted by atomic mass is 16.3. The van der Waals surface area contributed by atoms with Crippen LogP contribution in [0.2, 0.25) is 0 Å². The zero-order chi connectivity index (χ0) is 12.5. The summed E-state index contributed by atoms with van der Waals surface area (Å²) in [6.45, 7) is 2.38. The molecule has 2 saturated carbocycles. The van der Waals surface area contributed by atoms with Crippen LogP contribution in [0.4, 0.5) is 0 Å². The van der Waals surface area contributed by atoms with E-state index in [0.717, 1.165) is 23.4 Å². The summed E-state index contributed by atoms with van der Waals surface area (Å²) in [4.78, 5) is 0. The molecule has 98 valence electrons. The lowest BCUT2D eigenvalue weighted by molar-refractivity contribution is 0.281. The number of rotatable bonds is 6. The van der Waals surface area contributed by atoms with Gasteiger partial charge in [-0.2, -0.15) is 0 Å². The summed E-state index contributed by atoms with van der Waals surface area (Å²) in [6.07, 6.45) is 5.66. The van der Waals surface area contributed by atoms with Gasteiger partial charge in [0.25, 0.3) is 0 Å². The van der Waals surface area contributed by atoms with Gasteiger partial charge in [0.1, 0.15) is 0 Å². The monoisotopic (exact) mass is 245 g/mol. The van der Waals surface area contributed by atoms with Crippen molar-refractivity contribution in [1.82, 2.24) is 5.32 Å². The number of nitrogens with one attached hydrogen (secondary N) is 1. The fraction of sp³-hybridized carbons (Fsp3) is 0.625. The fourth-order valence-corrected chi connectivity index (χ4v) is 2.91. The molecule has 1 unspecified atom stereocenters. The number of hydrogen-bond acceptors (Lipinski definition) is 2. The van der Waals surface area contributed by atoms with E-state index in [1.54, 1.807) is 0 Å². The van der Waals surface area contributed by atoms with Crippen LogP contribution in [0.15, 0.2) is 24.3 Å². The normalized spacial score (nSPS) is 21.3. The van der Waals surface area contributed by atoms with Gasteiger partial charge in [-0.05, 0) is 55.6 Å². The minimum atomic E-state index is 0.134. The SMILES string of the molecule is CC(NC(C1CC1)C1CC1)c1cccc(CO)c1. The van der Waals surface area contributed by atoms with E-state index in [9.17, 15) is 5.11 Å². The van der Waals surface area contributed by atoms with Crippen molar-refractivity contribution in [2.24, 2.45) is 11.8 Å². The molecule has 2 fully saturated rings. The standard InChI is InChI=1S/C16H23NO/c1-11(15-4-2-3-12(9-15)10-18)17-16(13-5-6-13)14-7-8-14/h2-4,9,11,13-14,16-18H,5-8,10H2,1H3. The maximum atomic E-state index is 9.20. The Bertz CT molecular complexity index is 397. The molecule has 18 heavy (non-hydrogen) atoms. The number of aliphatic hydroxyl groups is 1. The molecule has 0 radical (unpaired) electrons. The first-order valence-corrected chi connectivity index (χ1v) is 7.23. The van der Waals surface area contributed by atoms with Crippen LogP contribution in [0.3, 0.4) is 0 Å². The number of hydrogen-bond donors (Lipinski definition) is 2. The summed E-state index contributed by atoms with van der Waals surface area (Å²) >= 11 is 0. The van der Waals surface area contributed by atoms with Crippen LogP contribution in [0.25, 0.3) is 0 Å². The zero-order valence-electron chi connectivity index (χ0n) is 11.1. The van der Waals surface area contributed by atoms with E-state index >= 15 is 0 Å². The summed E-state index contributed by atoms with van der Waals surface area (Å²) in [7, 11) is 0. The summed E-state index contributed by atoms with van der Waals surface area (Å²) in [5.41, 5.74) is 2.31. The number of aliphatic hydroxyl groups excluding tert-OH is 1. The highest BCUT2D eigenvalue weighted by molar-refractivity contribution is 5.25. The molecule has 0 aliphatic heterocycles. The van der Waals surface area contributed by atoms with Crippen LogP contribution >= 0.6 is 0 Å². The van der Waals surface area contributed by atoms with Gasteiger partial charge < -0.3 is 10.4 Å². The largest absolute Gasteiger partial charge is 0.392 e. The first kappa shape index (κ1) is 12.2. The van der Waals surface area contributed by atoms with Crippen LogP contribution in [0.1, 0.15) is 49.8 Å². The maximum absolute atomic E-state index is 9.20. The second kappa shape index (κ2) is 5.02. The van der Waals surface area contributed by atoms with Crippen LogP contribution in [0.5, 0.6) is 0 Å². The van der Waals surface area contributed by atoms with E-state index in [1.807, 2.05) is 12.1 Å². The minimum absolute atomic E-state index is 0.134. The summed E-state index contributed by atoms with van der Waals surface area (Å²) in [6, 6.07) is 9.43. The molecule has 1 atom stereocenters. The van der Waals surface area contributed by atoms with Crippen LogP contribution in [-0.2, 0) is 6.61 Å². The predicted molar refractivity (Wildman–Crippen MR) is 73.2 cm³/mol. The molecule has 0 amide bonds. The van der Waals surface area contributed by atoms with Gasteiger partial charge in [0.2, 0.25) is 0 Å². The predicted octanol–water partition coefficient (Wildman–Crippen LogP) is 3.02. The molecular formula is C16H23NO. The van der Waals surface area contributed by atoms with Gasteiger partial charge in [0, 0.05) is 12.1 Å². The van der Waals surface area contributed by atoms with Crippen molar-refractivity contribution in [1.29, 1.82) is 0 Å². The topological polar surface area (TPSA) is 32.3 Å². The van der Waals surface area contributed by atoms with Crippen molar-refractivity contribution >= 4 is 0 Å². The Hall–Kier alpha value is -0.860. The molecule has 2 N–H and O–H groups in total. The molecule has 2 aliphatic carbocycles. The van der Waals surface area contributed by atoms with Crippen LogP contribution in [-0.4, -0.2) is 11.1 Å². The number of benzene rings is 1. The first-order valence-electron chi connectivity index (χ1n) is 7.23. The van der Waals surface area contributed by atoms with Gasteiger partial charge in [-0.1, -0.05) is 24.3 Å². The van der Waals surface area contributed by atoms with Gasteiger partial charge in [-0.25, -0.2) is 0 Å². The van der Waals surface area contributed by atoms with Crippen molar-refractivity contribution in [3.8, 4) is 0 Å². The Morgan fingerprint density at radius 3 is 2.44 bits per heavy atom. The third kappa shape index (κ3) is 2.76. The van der Waals surface area contributed by atoms with Crippen molar-refractivity contribution in [3.63, 3.8) is 0 Å². The molecule has 2 nitrogen and oxygen atoms in total. The van der Waals surface area contributed by atoms with Gasteiger partial charge in [0.05, 0.1) is 6.61 Å². The van der Waals surface area contributed by atoms with E-state index in [4.69, 9.17) is 0 Å². The van der Waals surface area contributed by atoms with Gasteiger partial charge in [0.15, 0.2) is 0 Å². The first-order chi connectivity index (χ1) is 8.78. The Morgan fingerprint density at radius 2 is 1.89 bits per heavy atom. The molecule has 0 aromatic heterocycles. The van der Waals surface area contributed by atoms with Gasteiger partial charge >= 0.3 is 0 Å². The maximum Gasteiger partial charge on any atom is 0.0681 e. The molecular weight excluding hydrogens is 222 g/mol. The van der Waals surface area contributed by atoms with Crippen molar-refractivity contribution < 1.29 is 5.11 Å². The van der Waals surface area contributed by atoms with E-state index < -0.39 is 0 Å². The minimum Gasteiger partial charge on any atom is -0.392 e. The van der Waals surface area contributed by atoms with E-state index in [-0.39, 0.29) is 6.61 Å². The van der Waals surface area contributed by atoms with Crippen molar-refractivity contribution in [2.75, 3.05) is 0 Å².